The number of rotatable bonds is 2. The molecule has 92 valence electrons. The number of nitrogens with one attached hydrogen (secondary N) is 1. The minimum absolute atomic E-state index is 0.134. The average molecular weight is 267 g/mol. The van der Waals surface area contributed by atoms with Crippen LogP contribution in [0.5, 0.6) is 0 Å². The fourth-order valence-electron chi connectivity index (χ4n) is 1.73. The first-order valence-electron chi connectivity index (χ1n) is 5.09. The highest BCUT2D eigenvalue weighted by Gasteiger charge is 2.09. The summed E-state index contributed by atoms with van der Waals surface area (Å²) < 4.78 is 26.2. The van der Waals surface area contributed by atoms with E-state index >= 15 is 0 Å². The van der Waals surface area contributed by atoms with Crippen molar-refractivity contribution in [2.24, 2.45) is 0 Å². The third-order valence-corrected chi connectivity index (χ3v) is 3.42. The largest absolute Gasteiger partial charge is 0.333 e. The highest BCUT2D eigenvalue weighted by molar-refractivity contribution is 7.16. The molecule has 3 rings (SSSR count). The van der Waals surface area contributed by atoms with Gasteiger partial charge in [-0.2, -0.15) is 13.9 Å². The summed E-state index contributed by atoms with van der Waals surface area (Å²) in [6, 6.07) is 5.31. The van der Waals surface area contributed by atoms with Crippen molar-refractivity contribution >= 4 is 21.6 Å². The molecule has 0 aliphatic rings. The predicted octanol–water partition coefficient (Wildman–Crippen LogP) is 2.85. The second kappa shape index (κ2) is 4.02. The number of hydrogen-bond donors (Lipinski definition) is 1. The Hall–Kier alpha value is -2.02. The molecule has 0 unspecified atom stereocenters. The van der Waals surface area contributed by atoms with E-state index in [-0.39, 0.29) is 4.87 Å². The van der Waals surface area contributed by atoms with Crippen LogP contribution in [0, 0.1) is 0 Å². The summed E-state index contributed by atoms with van der Waals surface area (Å²) in [5.41, 5.74) is 2.03. The van der Waals surface area contributed by atoms with Gasteiger partial charge in [-0.25, -0.2) is 4.68 Å². The number of fused-ring (bicyclic) bond motifs is 1. The van der Waals surface area contributed by atoms with Gasteiger partial charge in [0.15, 0.2) is 0 Å². The molecule has 0 radical (unpaired) electrons. The van der Waals surface area contributed by atoms with Gasteiger partial charge in [-0.05, 0) is 17.7 Å². The quantitative estimate of drug-likeness (QED) is 0.776. The van der Waals surface area contributed by atoms with Gasteiger partial charge in [0.05, 0.1) is 16.4 Å². The topological polar surface area (TPSA) is 50.7 Å². The molecule has 0 amide bonds. The van der Waals surface area contributed by atoms with Crippen LogP contribution in [0.1, 0.15) is 6.55 Å². The Labute approximate surface area is 103 Å². The lowest BCUT2D eigenvalue weighted by molar-refractivity contribution is 0.0566. The van der Waals surface area contributed by atoms with Crippen LogP contribution in [0.25, 0.3) is 21.3 Å². The van der Waals surface area contributed by atoms with E-state index in [0.29, 0.717) is 15.8 Å². The second-order valence-electron chi connectivity index (χ2n) is 3.71. The lowest BCUT2D eigenvalue weighted by Gasteiger charge is -1.98. The molecule has 1 N–H and O–H groups in total. The Kier molecular flexibility index (Phi) is 2.48. The van der Waals surface area contributed by atoms with Gasteiger partial charge in [0.2, 0.25) is 0 Å². The van der Waals surface area contributed by atoms with Crippen LogP contribution in [0.15, 0.2) is 35.4 Å². The standard InChI is InChI=1S/C11H7F2N3OS/c12-10(13)16-5-7(4-14-16)6-1-2-9-8(3-6)15-11(17)18-9/h1-5,10H,(H,15,17). The summed E-state index contributed by atoms with van der Waals surface area (Å²) in [7, 11) is 0. The van der Waals surface area contributed by atoms with Crippen molar-refractivity contribution in [2.75, 3.05) is 0 Å². The molecule has 18 heavy (non-hydrogen) atoms. The smallest absolute Gasteiger partial charge is 0.312 e. The molecule has 0 aliphatic heterocycles. The first-order chi connectivity index (χ1) is 8.63. The molecule has 3 aromatic rings. The van der Waals surface area contributed by atoms with Gasteiger partial charge < -0.3 is 4.98 Å². The fourth-order valence-corrected chi connectivity index (χ4v) is 2.44. The zero-order valence-corrected chi connectivity index (χ0v) is 9.75. The van der Waals surface area contributed by atoms with Crippen molar-refractivity contribution in [3.05, 3.63) is 40.3 Å². The normalized spacial score (nSPS) is 11.5. The summed E-state index contributed by atoms with van der Waals surface area (Å²) in [4.78, 5) is 13.7. The van der Waals surface area contributed by atoms with E-state index in [4.69, 9.17) is 0 Å². The number of aromatic nitrogens is 3. The molecule has 0 saturated carbocycles. The van der Waals surface area contributed by atoms with Gasteiger partial charge in [-0.1, -0.05) is 17.4 Å². The molecule has 0 aliphatic carbocycles. The third kappa shape index (κ3) is 1.82. The summed E-state index contributed by atoms with van der Waals surface area (Å²) in [5.74, 6) is 0. The summed E-state index contributed by atoms with van der Waals surface area (Å²) in [6.45, 7) is -2.65. The van der Waals surface area contributed by atoms with Gasteiger partial charge in [0, 0.05) is 11.8 Å². The number of hydrogen-bond acceptors (Lipinski definition) is 3. The van der Waals surface area contributed by atoms with Crippen LogP contribution in [0.4, 0.5) is 8.78 Å². The van der Waals surface area contributed by atoms with Crippen molar-refractivity contribution < 1.29 is 8.78 Å². The SMILES string of the molecule is O=c1[nH]c2cc(-c3cnn(C(F)F)c3)ccc2s1. The fraction of sp³-hybridized carbons (Fsp3) is 0.0909. The number of nitrogens with zero attached hydrogens (tertiary/aromatic N) is 2. The van der Waals surface area contributed by atoms with E-state index in [1.165, 1.54) is 12.4 Å². The van der Waals surface area contributed by atoms with Crippen molar-refractivity contribution in [3.63, 3.8) is 0 Å². The minimum Gasteiger partial charge on any atom is -0.312 e. The third-order valence-electron chi connectivity index (χ3n) is 2.55. The Morgan fingerprint density at radius 1 is 1.33 bits per heavy atom. The molecule has 0 saturated heterocycles. The molecule has 7 heteroatoms. The van der Waals surface area contributed by atoms with E-state index in [1.54, 1.807) is 18.2 Å². The van der Waals surface area contributed by atoms with E-state index in [2.05, 4.69) is 10.1 Å². The molecule has 2 aromatic heterocycles. The molecule has 0 fully saturated rings. The van der Waals surface area contributed by atoms with Crippen molar-refractivity contribution in [3.8, 4) is 11.1 Å². The average Bonchev–Trinajstić information content (AvgIpc) is 2.91. The molecular formula is C11H7F2N3OS. The highest BCUT2D eigenvalue weighted by Crippen LogP contribution is 2.25. The van der Waals surface area contributed by atoms with Gasteiger partial charge in [-0.15, -0.1) is 0 Å². The molecule has 0 spiro atoms. The maximum atomic E-state index is 12.4. The maximum Gasteiger partial charge on any atom is 0.333 e. The summed E-state index contributed by atoms with van der Waals surface area (Å²) in [5, 5.41) is 3.57. The Morgan fingerprint density at radius 3 is 2.89 bits per heavy atom. The Bertz CT molecular complexity index is 759. The van der Waals surface area contributed by atoms with Crippen LogP contribution in [-0.2, 0) is 0 Å². The van der Waals surface area contributed by atoms with Gasteiger partial charge in [0.1, 0.15) is 0 Å². The first-order valence-corrected chi connectivity index (χ1v) is 5.91. The number of halogens is 2. The van der Waals surface area contributed by atoms with Gasteiger partial charge in [0.25, 0.3) is 0 Å². The van der Waals surface area contributed by atoms with E-state index < -0.39 is 6.55 Å². The van der Waals surface area contributed by atoms with Crippen LogP contribution in [0.3, 0.4) is 0 Å². The predicted molar refractivity (Wildman–Crippen MR) is 64.9 cm³/mol. The Balaban J connectivity index is 2.09. The van der Waals surface area contributed by atoms with Crippen molar-refractivity contribution in [1.29, 1.82) is 0 Å². The van der Waals surface area contributed by atoms with Gasteiger partial charge >= 0.3 is 11.4 Å². The summed E-state index contributed by atoms with van der Waals surface area (Å²) >= 11 is 1.11. The summed E-state index contributed by atoms with van der Waals surface area (Å²) in [6.07, 6.45) is 2.65. The first kappa shape index (κ1) is 11.1. The van der Waals surface area contributed by atoms with Crippen molar-refractivity contribution in [2.45, 2.75) is 6.55 Å². The lowest BCUT2D eigenvalue weighted by atomic mass is 10.1. The van der Waals surface area contributed by atoms with Crippen molar-refractivity contribution in [1.82, 2.24) is 14.8 Å². The monoisotopic (exact) mass is 267 g/mol. The van der Waals surface area contributed by atoms with Gasteiger partial charge in [-0.3, -0.25) is 4.79 Å². The maximum absolute atomic E-state index is 12.4. The lowest BCUT2D eigenvalue weighted by Crippen LogP contribution is -1.96. The number of aromatic amines is 1. The molecule has 0 atom stereocenters. The minimum atomic E-state index is -2.65. The molecule has 1 aromatic carbocycles. The molecular weight excluding hydrogens is 260 g/mol. The molecule has 0 bridgehead atoms. The second-order valence-corrected chi connectivity index (χ2v) is 4.73. The zero-order chi connectivity index (χ0) is 12.7. The van der Waals surface area contributed by atoms with Crippen LogP contribution in [-0.4, -0.2) is 14.8 Å². The van der Waals surface area contributed by atoms with E-state index in [9.17, 15) is 13.6 Å². The zero-order valence-electron chi connectivity index (χ0n) is 8.93. The van der Waals surface area contributed by atoms with Crippen LogP contribution >= 0.6 is 11.3 Å². The van der Waals surface area contributed by atoms with E-state index in [1.807, 2.05) is 0 Å². The highest BCUT2D eigenvalue weighted by atomic mass is 32.1. The van der Waals surface area contributed by atoms with Crippen LogP contribution < -0.4 is 4.87 Å². The number of benzene rings is 1. The Morgan fingerprint density at radius 2 is 2.17 bits per heavy atom. The molecule has 2 heterocycles. The number of thiazole rings is 1. The number of H-pyrrole nitrogens is 1. The van der Waals surface area contributed by atoms with Crippen LogP contribution in [0.2, 0.25) is 0 Å². The molecule has 4 nitrogen and oxygen atoms in total. The number of alkyl halides is 2. The van der Waals surface area contributed by atoms with E-state index in [0.717, 1.165) is 21.6 Å².